The molecule has 0 saturated heterocycles. The molecule has 23 heavy (non-hydrogen) atoms. The van der Waals surface area contributed by atoms with Crippen LogP contribution in [0.25, 0.3) is 6.08 Å². The van der Waals surface area contributed by atoms with Gasteiger partial charge in [0.1, 0.15) is 0 Å². The average molecular weight is 318 g/mol. The van der Waals surface area contributed by atoms with Crippen molar-refractivity contribution in [2.75, 3.05) is 13.1 Å². The lowest BCUT2D eigenvalue weighted by Gasteiger charge is -2.03. The molecule has 0 spiro atoms. The Bertz CT molecular complexity index is 594. The van der Waals surface area contributed by atoms with E-state index in [1.54, 1.807) is 24.3 Å². The first-order valence-electron chi connectivity index (χ1n) is 7.38. The Morgan fingerprint density at radius 1 is 1.04 bits per heavy atom. The van der Waals surface area contributed by atoms with E-state index in [4.69, 9.17) is 0 Å². The minimum Gasteiger partial charge on any atom is -0.504 e. The van der Waals surface area contributed by atoms with Gasteiger partial charge in [0.05, 0.1) is 0 Å². The number of nitrogens with one attached hydrogen (secondary N) is 2. The molecule has 0 bridgehead atoms. The Labute approximate surface area is 135 Å². The second-order valence-electron chi connectivity index (χ2n) is 4.95. The number of carbonyl (C=O) groups excluding carboxylic acids is 2. The number of rotatable bonds is 8. The van der Waals surface area contributed by atoms with Gasteiger partial charge in [-0.25, -0.2) is 0 Å². The van der Waals surface area contributed by atoms with Gasteiger partial charge in [-0.15, -0.1) is 0 Å². The third-order valence-electron chi connectivity index (χ3n) is 2.92. The van der Waals surface area contributed by atoms with Crippen LogP contribution in [-0.4, -0.2) is 35.1 Å². The SMILES string of the molecule is CC(=O)NCCCCNC(=O)C=CC=Cc1ccc(O)c(O)c1. The number of phenols is 2. The van der Waals surface area contributed by atoms with Crippen LogP contribution in [0.4, 0.5) is 0 Å². The summed E-state index contributed by atoms with van der Waals surface area (Å²) in [5, 5.41) is 24.0. The summed E-state index contributed by atoms with van der Waals surface area (Å²) < 4.78 is 0. The zero-order valence-corrected chi connectivity index (χ0v) is 13.1. The van der Waals surface area contributed by atoms with Gasteiger partial charge in [0.15, 0.2) is 11.5 Å². The number of amides is 2. The highest BCUT2D eigenvalue weighted by molar-refractivity contribution is 5.87. The molecule has 0 aliphatic rings. The van der Waals surface area contributed by atoms with Gasteiger partial charge >= 0.3 is 0 Å². The maximum atomic E-state index is 11.5. The summed E-state index contributed by atoms with van der Waals surface area (Å²) in [6.45, 7) is 2.64. The van der Waals surface area contributed by atoms with Crippen LogP contribution >= 0.6 is 0 Å². The van der Waals surface area contributed by atoms with Crippen LogP contribution in [0.5, 0.6) is 11.5 Å². The van der Waals surface area contributed by atoms with Crippen LogP contribution in [0, 0.1) is 0 Å². The fourth-order valence-electron chi connectivity index (χ4n) is 1.74. The Balaban J connectivity index is 2.23. The first-order valence-corrected chi connectivity index (χ1v) is 7.38. The van der Waals surface area contributed by atoms with Crippen molar-refractivity contribution in [3.63, 3.8) is 0 Å². The standard InChI is InChI=1S/C17H22N2O4/c1-13(20)18-10-4-5-11-19-17(23)7-3-2-6-14-8-9-15(21)16(22)12-14/h2-3,6-9,12,21-22H,4-5,10-11H2,1H3,(H,18,20)(H,19,23). The molecule has 0 aliphatic carbocycles. The quantitative estimate of drug-likeness (QED) is 0.254. The summed E-state index contributed by atoms with van der Waals surface area (Å²) in [5.41, 5.74) is 0.711. The molecular formula is C17H22N2O4. The minimum atomic E-state index is -0.192. The summed E-state index contributed by atoms with van der Waals surface area (Å²) >= 11 is 0. The van der Waals surface area contributed by atoms with Gasteiger partial charge in [-0.3, -0.25) is 9.59 Å². The molecule has 1 aromatic carbocycles. The van der Waals surface area contributed by atoms with Crippen molar-refractivity contribution in [3.8, 4) is 11.5 Å². The van der Waals surface area contributed by atoms with E-state index in [1.165, 1.54) is 25.1 Å². The van der Waals surface area contributed by atoms with Crippen LogP contribution in [0.2, 0.25) is 0 Å². The summed E-state index contributed by atoms with van der Waals surface area (Å²) in [5.74, 6) is -0.600. The molecule has 0 aromatic heterocycles. The molecule has 1 rings (SSSR count). The molecule has 0 heterocycles. The second kappa shape index (κ2) is 10.0. The minimum absolute atomic E-state index is 0.0503. The van der Waals surface area contributed by atoms with Gasteiger partial charge < -0.3 is 20.8 Å². The van der Waals surface area contributed by atoms with Gasteiger partial charge in [0.2, 0.25) is 11.8 Å². The van der Waals surface area contributed by atoms with Crippen LogP contribution in [0.3, 0.4) is 0 Å². The number of hydrogen-bond donors (Lipinski definition) is 4. The number of benzene rings is 1. The fourth-order valence-corrected chi connectivity index (χ4v) is 1.74. The van der Waals surface area contributed by atoms with Crippen molar-refractivity contribution in [1.82, 2.24) is 10.6 Å². The van der Waals surface area contributed by atoms with Gasteiger partial charge in [-0.05, 0) is 30.5 Å². The predicted octanol–water partition coefficient (Wildman–Crippen LogP) is 1.70. The lowest BCUT2D eigenvalue weighted by atomic mass is 10.2. The predicted molar refractivity (Wildman–Crippen MR) is 88.9 cm³/mol. The van der Waals surface area contributed by atoms with Crippen LogP contribution in [0.15, 0.2) is 36.4 Å². The van der Waals surface area contributed by atoms with Gasteiger partial charge in [0.25, 0.3) is 0 Å². The average Bonchev–Trinajstić information content (AvgIpc) is 2.50. The molecule has 0 unspecified atom stereocenters. The molecule has 2 amide bonds. The van der Waals surface area contributed by atoms with Crippen molar-refractivity contribution in [2.24, 2.45) is 0 Å². The molecule has 1 aromatic rings. The first kappa shape index (κ1) is 18.3. The zero-order valence-electron chi connectivity index (χ0n) is 13.1. The molecule has 6 nitrogen and oxygen atoms in total. The molecule has 6 heteroatoms. The van der Waals surface area contributed by atoms with Crippen LogP contribution < -0.4 is 10.6 Å². The Hall–Kier alpha value is -2.76. The van der Waals surface area contributed by atoms with Crippen molar-refractivity contribution in [3.05, 3.63) is 42.0 Å². The molecular weight excluding hydrogens is 296 g/mol. The highest BCUT2D eigenvalue weighted by Crippen LogP contribution is 2.25. The van der Waals surface area contributed by atoms with Crippen molar-refractivity contribution in [1.29, 1.82) is 0 Å². The zero-order chi connectivity index (χ0) is 17.1. The molecule has 0 aliphatic heterocycles. The van der Waals surface area contributed by atoms with Crippen LogP contribution in [-0.2, 0) is 9.59 Å². The van der Waals surface area contributed by atoms with E-state index in [0.29, 0.717) is 18.7 Å². The number of hydrogen-bond acceptors (Lipinski definition) is 4. The van der Waals surface area contributed by atoms with Crippen molar-refractivity contribution in [2.45, 2.75) is 19.8 Å². The van der Waals surface area contributed by atoms with Gasteiger partial charge in [0, 0.05) is 26.1 Å². The van der Waals surface area contributed by atoms with Gasteiger partial charge in [-0.1, -0.05) is 24.3 Å². The maximum absolute atomic E-state index is 11.5. The smallest absolute Gasteiger partial charge is 0.243 e. The molecule has 0 saturated carbocycles. The highest BCUT2D eigenvalue weighted by atomic mass is 16.3. The van der Waals surface area contributed by atoms with E-state index in [0.717, 1.165) is 12.8 Å². The van der Waals surface area contributed by atoms with E-state index in [9.17, 15) is 19.8 Å². The lowest BCUT2D eigenvalue weighted by Crippen LogP contribution is -2.24. The highest BCUT2D eigenvalue weighted by Gasteiger charge is 1.97. The number of phenolic OH excluding ortho intramolecular Hbond substituents is 2. The maximum Gasteiger partial charge on any atom is 0.243 e. The van der Waals surface area contributed by atoms with Crippen molar-refractivity contribution < 1.29 is 19.8 Å². The largest absolute Gasteiger partial charge is 0.504 e. The Kier molecular flexibility index (Phi) is 7.99. The third kappa shape index (κ3) is 8.31. The molecule has 0 atom stereocenters. The molecule has 0 fully saturated rings. The van der Waals surface area contributed by atoms with Crippen LogP contribution in [0.1, 0.15) is 25.3 Å². The summed E-state index contributed by atoms with van der Waals surface area (Å²) in [4.78, 5) is 22.2. The van der Waals surface area contributed by atoms with E-state index in [-0.39, 0.29) is 23.3 Å². The molecule has 0 radical (unpaired) electrons. The topological polar surface area (TPSA) is 98.7 Å². The van der Waals surface area contributed by atoms with E-state index >= 15 is 0 Å². The van der Waals surface area contributed by atoms with Crippen molar-refractivity contribution >= 4 is 17.9 Å². The Morgan fingerprint density at radius 2 is 1.74 bits per heavy atom. The monoisotopic (exact) mass is 318 g/mol. The van der Waals surface area contributed by atoms with E-state index in [1.807, 2.05) is 0 Å². The second-order valence-corrected chi connectivity index (χ2v) is 4.95. The van der Waals surface area contributed by atoms with E-state index in [2.05, 4.69) is 10.6 Å². The van der Waals surface area contributed by atoms with E-state index < -0.39 is 0 Å². The number of allylic oxidation sites excluding steroid dienone is 2. The number of aromatic hydroxyl groups is 2. The third-order valence-corrected chi connectivity index (χ3v) is 2.92. The Morgan fingerprint density at radius 3 is 2.39 bits per heavy atom. The summed E-state index contributed by atoms with van der Waals surface area (Å²) in [6, 6.07) is 4.47. The molecule has 4 N–H and O–H groups in total. The number of carbonyl (C=O) groups is 2. The fraction of sp³-hybridized carbons (Fsp3) is 0.294. The number of unbranched alkanes of at least 4 members (excludes halogenated alkanes) is 1. The lowest BCUT2D eigenvalue weighted by molar-refractivity contribution is -0.119. The van der Waals surface area contributed by atoms with Gasteiger partial charge in [-0.2, -0.15) is 0 Å². The first-order chi connectivity index (χ1) is 11.0. The summed E-state index contributed by atoms with van der Waals surface area (Å²) in [7, 11) is 0. The molecule has 124 valence electrons. The normalized spacial score (nSPS) is 11.0. The summed E-state index contributed by atoms with van der Waals surface area (Å²) in [6.07, 6.45) is 7.98.